The third-order valence-electron chi connectivity index (χ3n) is 3.09. The Kier molecular flexibility index (Phi) is 3.10. The lowest BCUT2D eigenvalue weighted by Gasteiger charge is -2.24. The molecule has 1 fully saturated rings. The normalized spacial score (nSPS) is 25.1. The summed E-state index contributed by atoms with van der Waals surface area (Å²) in [7, 11) is 1.70. The van der Waals surface area contributed by atoms with Gasteiger partial charge in [0.15, 0.2) is 11.6 Å². The minimum absolute atomic E-state index is 0.110. The van der Waals surface area contributed by atoms with Gasteiger partial charge in [0, 0.05) is 31.8 Å². The van der Waals surface area contributed by atoms with Crippen molar-refractivity contribution in [2.45, 2.75) is 13.3 Å². The van der Waals surface area contributed by atoms with Gasteiger partial charge in [-0.05, 0) is 18.6 Å². The van der Waals surface area contributed by atoms with Gasteiger partial charge in [-0.3, -0.25) is 0 Å². The van der Waals surface area contributed by atoms with Crippen LogP contribution in [0.15, 0.2) is 18.3 Å². The second-order valence-corrected chi connectivity index (χ2v) is 4.72. The second-order valence-electron chi connectivity index (χ2n) is 4.72. The molecule has 88 valence electrons. The Bertz CT molecular complexity index is 372. The Hall–Kier alpha value is -1.16. The van der Waals surface area contributed by atoms with Gasteiger partial charge in [0.25, 0.3) is 0 Å². The highest BCUT2D eigenvalue weighted by molar-refractivity contribution is 5.41. The quantitative estimate of drug-likeness (QED) is 0.786. The zero-order valence-electron chi connectivity index (χ0n) is 9.74. The molecular formula is C12H17FN2O. The highest BCUT2D eigenvalue weighted by Crippen LogP contribution is 2.33. The Morgan fingerprint density at radius 1 is 1.62 bits per heavy atom. The molecule has 3 nitrogen and oxygen atoms in total. The Balaban J connectivity index is 2.12. The first kappa shape index (κ1) is 11.3. The predicted octanol–water partition coefficient (Wildman–Crippen LogP) is 2.08. The molecule has 2 rings (SSSR count). The van der Waals surface area contributed by atoms with Crippen molar-refractivity contribution in [3.63, 3.8) is 0 Å². The van der Waals surface area contributed by atoms with E-state index in [9.17, 15) is 4.39 Å². The summed E-state index contributed by atoms with van der Waals surface area (Å²) in [6.45, 7) is 4.51. The number of ether oxygens (including phenoxy) is 1. The smallest absolute Gasteiger partial charge is 0.165 e. The van der Waals surface area contributed by atoms with Crippen molar-refractivity contribution in [3.05, 3.63) is 24.1 Å². The summed E-state index contributed by atoms with van der Waals surface area (Å²) in [4.78, 5) is 6.09. The van der Waals surface area contributed by atoms with Crippen molar-refractivity contribution in [2.24, 2.45) is 5.41 Å². The molecule has 1 saturated heterocycles. The summed E-state index contributed by atoms with van der Waals surface area (Å²) in [5.41, 5.74) is 0.110. The van der Waals surface area contributed by atoms with Crippen molar-refractivity contribution >= 4 is 5.82 Å². The fourth-order valence-corrected chi connectivity index (χ4v) is 2.28. The van der Waals surface area contributed by atoms with Crippen LogP contribution in [-0.4, -0.2) is 31.8 Å². The number of hydrogen-bond donors (Lipinski definition) is 0. The predicted molar refractivity (Wildman–Crippen MR) is 61.0 cm³/mol. The second kappa shape index (κ2) is 4.37. The summed E-state index contributed by atoms with van der Waals surface area (Å²) in [5, 5.41) is 0. The first-order valence-electron chi connectivity index (χ1n) is 5.49. The van der Waals surface area contributed by atoms with Gasteiger partial charge < -0.3 is 9.64 Å². The van der Waals surface area contributed by atoms with Crippen LogP contribution in [0, 0.1) is 11.2 Å². The molecule has 1 atom stereocenters. The number of nitrogens with zero attached hydrogens (tertiary/aromatic N) is 2. The molecular weight excluding hydrogens is 207 g/mol. The van der Waals surface area contributed by atoms with Gasteiger partial charge in [0.1, 0.15) is 0 Å². The molecule has 0 spiro atoms. The van der Waals surface area contributed by atoms with Gasteiger partial charge in [-0.25, -0.2) is 9.37 Å². The van der Waals surface area contributed by atoms with Crippen LogP contribution in [0.5, 0.6) is 0 Å². The minimum atomic E-state index is -0.246. The van der Waals surface area contributed by atoms with E-state index in [-0.39, 0.29) is 11.2 Å². The molecule has 0 aliphatic carbocycles. The number of rotatable bonds is 3. The topological polar surface area (TPSA) is 25.4 Å². The summed E-state index contributed by atoms with van der Waals surface area (Å²) in [6.07, 6.45) is 2.64. The van der Waals surface area contributed by atoms with E-state index in [2.05, 4.69) is 11.9 Å². The van der Waals surface area contributed by atoms with Crippen LogP contribution >= 0.6 is 0 Å². The molecule has 0 bridgehead atoms. The lowest BCUT2D eigenvalue weighted by atomic mass is 9.91. The summed E-state index contributed by atoms with van der Waals surface area (Å²) in [5.74, 6) is 0.214. The van der Waals surface area contributed by atoms with E-state index in [0.29, 0.717) is 12.4 Å². The molecule has 16 heavy (non-hydrogen) atoms. The van der Waals surface area contributed by atoms with E-state index in [1.165, 1.54) is 6.07 Å². The van der Waals surface area contributed by atoms with Crippen LogP contribution in [0.1, 0.15) is 13.3 Å². The van der Waals surface area contributed by atoms with E-state index in [1.807, 2.05) is 4.90 Å². The molecule has 4 heteroatoms. The standard InChI is InChI=1S/C12H17FN2O/c1-12(9-16-2)5-7-15(8-12)11-10(13)4-3-6-14-11/h3-4,6H,5,7-9H2,1-2H3/t12-/m0/s1. The highest BCUT2D eigenvalue weighted by Gasteiger charge is 2.35. The van der Waals surface area contributed by atoms with Crippen LogP contribution in [0.25, 0.3) is 0 Å². The Labute approximate surface area is 95.2 Å². The minimum Gasteiger partial charge on any atom is -0.384 e. The summed E-state index contributed by atoms with van der Waals surface area (Å²) >= 11 is 0. The van der Waals surface area contributed by atoms with Crippen LogP contribution in [0.4, 0.5) is 10.2 Å². The molecule has 2 heterocycles. The molecule has 0 N–H and O–H groups in total. The average molecular weight is 224 g/mol. The fourth-order valence-electron chi connectivity index (χ4n) is 2.28. The fraction of sp³-hybridized carbons (Fsp3) is 0.583. The molecule has 1 aliphatic heterocycles. The number of halogens is 1. The monoisotopic (exact) mass is 224 g/mol. The van der Waals surface area contributed by atoms with Crippen molar-refractivity contribution in [1.29, 1.82) is 0 Å². The maximum atomic E-state index is 13.5. The molecule has 1 aromatic rings. The van der Waals surface area contributed by atoms with Crippen molar-refractivity contribution < 1.29 is 9.13 Å². The summed E-state index contributed by atoms with van der Waals surface area (Å²) in [6, 6.07) is 3.07. The van der Waals surface area contributed by atoms with E-state index in [1.54, 1.807) is 19.4 Å². The first-order chi connectivity index (χ1) is 7.64. The molecule has 1 aromatic heterocycles. The first-order valence-corrected chi connectivity index (χ1v) is 5.49. The van der Waals surface area contributed by atoms with Gasteiger partial charge in [-0.2, -0.15) is 0 Å². The SMILES string of the molecule is COC[C@@]1(C)CCN(c2ncccc2F)C1. The van der Waals surface area contributed by atoms with Gasteiger partial charge >= 0.3 is 0 Å². The molecule has 1 aliphatic rings. The van der Waals surface area contributed by atoms with Crippen molar-refractivity contribution in [2.75, 3.05) is 31.7 Å². The van der Waals surface area contributed by atoms with E-state index in [4.69, 9.17) is 4.74 Å². The van der Waals surface area contributed by atoms with Gasteiger partial charge in [0.05, 0.1) is 6.61 Å². The van der Waals surface area contributed by atoms with Gasteiger partial charge in [-0.1, -0.05) is 6.92 Å². The lowest BCUT2D eigenvalue weighted by Crippen LogP contribution is -2.29. The van der Waals surface area contributed by atoms with Crippen molar-refractivity contribution in [1.82, 2.24) is 4.98 Å². The van der Waals surface area contributed by atoms with Crippen LogP contribution in [-0.2, 0) is 4.74 Å². The highest BCUT2D eigenvalue weighted by atomic mass is 19.1. The van der Waals surface area contributed by atoms with E-state index >= 15 is 0 Å². The number of aromatic nitrogens is 1. The Morgan fingerprint density at radius 2 is 2.44 bits per heavy atom. The van der Waals surface area contributed by atoms with Crippen molar-refractivity contribution in [3.8, 4) is 0 Å². The number of methoxy groups -OCH3 is 1. The maximum Gasteiger partial charge on any atom is 0.165 e. The van der Waals surface area contributed by atoms with Crippen LogP contribution in [0.2, 0.25) is 0 Å². The molecule has 0 unspecified atom stereocenters. The molecule has 0 saturated carbocycles. The third kappa shape index (κ3) is 2.16. The van der Waals surface area contributed by atoms with Crippen LogP contribution < -0.4 is 4.90 Å². The third-order valence-corrected chi connectivity index (χ3v) is 3.09. The Morgan fingerprint density at radius 3 is 3.12 bits per heavy atom. The zero-order valence-corrected chi connectivity index (χ0v) is 9.74. The number of pyridine rings is 1. The molecule has 0 amide bonds. The summed E-state index contributed by atoms with van der Waals surface area (Å²) < 4.78 is 18.7. The lowest BCUT2D eigenvalue weighted by molar-refractivity contribution is 0.106. The maximum absolute atomic E-state index is 13.5. The zero-order chi connectivity index (χ0) is 11.6. The largest absolute Gasteiger partial charge is 0.384 e. The molecule has 0 radical (unpaired) electrons. The number of hydrogen-bond acceptors (Lipinski definition) is 3. The number of anilines is 1. The van der Waals surface area contributed by atoms with Gasteiger partial charge in [0.2, 0.25) is 0 Å². The van der Waals surface area contributed by atoms with Crippen LogP contribution in [0.3, 0.4) is 0 Å². The van der Waals surface area contributed by atoms with E-state index in [0.717, 1.165) is 19.5 Å². The van der Waals surface area contributed by atoms with Gasteiger partial charge in [-0.15, -0.1) is 0 Å². The average Bonchev–Trinajstić information content (AvgIpc) is 2.62. The molecule has 0 aromatic carbocycles. The van der Waals surface area contributed by atoms with E-state index < -0.39 is 0 Å².